The van der Waals surface area contributed by atoms with Gasteiger partial charge in [-0.25, -0.2) is 0 Å². The molecule has 3 heterocycles. The second kappa shape index (κ2) is 12.4. The standard InChI is InChI=1S/C32H42BF3N4O4/c1-20(2)29-26(15-24(17-37-29)39-12-10-38(11-13-39)23-7-8-23)30-27(16-31(4,5)19-44-21(3)41)25-14-22(33(42)43)6-9-28(25)40(30)18-32(34,35)36/h6,9,14-15,17,20,23,42-43H,7-8,10-13,16,18-19H2,1-5H3. The normalized spacial score (nSPS) is 16.7. The number of piperazine rings is 1. The first-order valence-corrected chi connectivity index (χ1v) is 15.3. The molecule has 0 atom stereocenters. The van der Waals surface area contributed by atoms with Crippen LogP contribution in [0.5, 0.6) is 0 Å². The van der Waals surface area contributed by atoms with Crippen molar-refractivity contribution in [3.63, 3.8) is 0 Å². The Bertz CT molecular complexity index is 1510. The zero-order valence-corrected chi connectivity index (χ0v) is 26.1. The summed E-state index contributed by atoms with van der Waals surface area (Å²) in [4.78, 5) is 21.3. The predicted octanol–water partition coefficient (Wildman–Crippen LogP) is 4.49. The van der Waals surface area contributed by atoms with Crippen LogP contribution in [0.4, 0.5) is 18.9 Å². The monoisotopic (exact) mass is 614 g/mol. The molecule has 12 heteroatoms. The third kappa shape index (κ3) is 7.24. The molecular formula is C32H42BF3N4O4. The number of anilines is 1. The Hall–Kier alpha value is -3.09. The van der Waals surface area contributed by atoms with Crippen LogP contribution in [0.25, 0.3) is 22.2 Å². The Morgan fingerprint density at radius 3 is 2.36 bits per heavy atom. The molecule has 1 aromatic carbocycles. The lowest BCUT2D eigenvalue weighted by molar-refractivity contribution is -0.144. The molecule has 3 aromatic rings. The molecule has 238 valence electrons. The molecule has 2 aliphatic rings. The van der Waals surface area contributed by atoms with Gasteiger partial charge < -0.3 is 24.3 Å². The first-order valence-electron chi connectivity index (χ1n) is 15.3. The summed E-state index contributed by atoms with van der Waals surface area (Å²) in [5.41, 5.74) is 3.03. The Kier molecular flexibility index (Phi) is 9.08. The number of esters is 1. The second-order valence-electron chi connectivity index (χ2n) is 13.3. The van der Waals surface area contributed by atoms with E-state index in [1.54, 1.807) is 6.07 Å². The molecular weight excluding hydrogens is 572 g/mol. The van der Waals surface area contributed by atoms with Crippen molar-refractivity contribution in [1.29, 1.82) is 0 Å². The average molecular weight is 615 g/mol. The van der Waals surface area contributed by atoms with E-state index in [0.717, 1.165) is 31.9 Å². The summed E-state index contributed by atoms with van der Waals surface area (Å²) in [5.74, 6) is -0.524. The number of ether oxygens (including phenoxy) is 1. The van der Waals surface area contributed by atoms with Crippen molar-refractivity contribution in [1.82, 2.24) is 14.5 Å². The van der Waals surface area contributed by atoms with Gasteiger partial charge in [0.1, 0.15) is 6.54 Å². The minimum atomic E-state index is -4.53. The molecule has 2 fully saturated rings. The fourth-order valence-electron chi connectivity index (χ4n) is 6.33. The van der Waals surface area contributed by atoms with E-state index in [1.165, 1.54) is 36.5 Å². The SMILES string of the molecule is CC(=O)OCC(C)(C)Cc1c(-c2cc(N3CCN(C4CC4)CC3)cnc2C(C)C)n(CC(F)(F)F)c2ccc(B(O)O)cc12. The third-order valence-corrected chi connectivity index (χ3v) is 8.60. The number of benzene rings is 1. The molecule has 2 aromatic heterocycles. The highest BCUT2D eigenvalue weighted by molar-refractivity contribution is 6.58. The van der Waals surface area contributed by atoms with Crippen molar-refractivity contribution < 1.29 is 32.8 Å². The van der Waals surface area contributed by atoms with Gasteiger partial charge in [-0.15, -0.1) is 0 Å². The van der Waals surface area contributed by atoms with Crippen molar-refractivity contribution in [3.8, 4) is 11.3 Å². The zero-order valence-electron chi connectivity index (χ0n) is 26.1. The van der Waals surface area contributed by atoms with Gasteiger partial charge in [0.25, 0.3) is 0 Å². The van der Waals surface area contributed by atoms with Gasteiger partial charge in [0.2, 0.25) is 0 Å². The van der Waals surface area contributed by atoms with Crippen LogP contribution < -0.4 is 10.4 Å². The second-order valence-corrected chi connectivity index (χ2v) is 13.3. The first-order chi connectivity index (χ1) is 20.6. The maximum absolute atomic E-state index is 14.3. The van der Waals surface area contributed by atoms with Crippen molar-refractivity contribution in [3.05, 3.63) is 41.7 Å². The van der Waals surface area contributed by atoms with Gasteiger partial charge in [0.15, 0.2) is 0 Å². The van der Waals surface area contributed by atoms with E-state index in [9.17, 15) is 28.0 Å². The van der Waals surface area contributed by atoms with Gasteiger partial charge in [0.05, 0.1) is 29.9 Å². The van der Waals surface area contributed by atoms with Crippen LogP contribution in [0.3, 0.4) is 0 Å². The quantitative estimate of drug-likeness (QED) is 0.257. The Labute approximate surface area is 257 Å². The Balaban J connectivity index is 1.72. The van der Waals surface area contributed by atoms with Crippen molar-refractivity contribution >= 4 is 35.1 Å². The van der Waals surface area contributed by atoms with Crippen LogP contribution in [0.1, 0.15) is 64.6 Å². The maximum atomic E-state index is 14.3. The van der Waals surface area contributed by atoms with Crippen LogP contribution in [-0.4, -0.2) is 82.6 Å². The lowest BCUT2D eigenvalue weighted by atomic mass is 9.78. The predicted molar refractivity (Wildman–Crippen MR) is 166 cm³/mol. The molecule has 5 rings (SSSR count). The zero-order chi connectivity index (χ0) is 32.0. The molecule has 0 bridgehead atoms. The van der Waals surface area contributed by atoms with Gasteiger partial charge in [0, 0.05) is 61.0 Å². The van der Waals surface area contributed by atoms with Crippen molar-refractivity contribution in [2.24, 2.45) is 5.41 Å². The summed E-state index contributed by atoms with van der Waals surface area (Å²) < 4.78 is 49.5. The number of hydrogen-bond acceptors (Lipinski definition) is 7. The summed E-state index contributed by atoms with van der Waals surface area (Å²) in [5, 5.41) is 20.4. The highest BCUT2D eigenvalue weighted by Crippen LogP contribution is 2.42. The Morgan fingerprint density at radius 1 is 1.11 bits per heavy atom. The van der Waals surface area contributed by atoms with Crippen LogP contribution in [0, 0.1) is 5.41 Å². The largest absolute Gasteiger partial charge is 0.488 e. The van der Waals surface area contributed by atoms with Crippen LogP contribution in [0.15, 0.2) is 30.5 Å². The number of carbonyl (C=O) groups excluding carboxylic acids is 1. The topological polar surface area (TPSA) is 91.1 Å². The van der Waals surface area contributed by atoms with E-state index >= 15 is 0 Å². The lowest BCUT2D eigenvalue weighted by Gasteiger charge is -2.36. The fourth-order valence-corrected chi connectivity index (χ4v) is 6.33. The fraction of sp³-hybridized carbons (Fsp3) is 0.562. The summed E-state index contributed by atoms with van der Waals surface area (Å²) in [6.45, 7) is 11.4. The van der Waals surface area contributed by atoms with E-state index in [-0.39, 0.29) is 24.4 Å². The van der Waals surface area contributed by atoms with Crippen molar-refractivity contribution in [2.45, 2.75) is 78.6 Å². The molecule has 1 saturated carbocycles. The van der Waals surface area contributed by atoms with Gasteiger partial charge in [-0.3, -0.25) is 14.7 Å². The summed E-state index contributed by atoms with van der Waals surface area (Å²) in [7, 11) is -1.79. The number of nitrogens with zero attached hydrogens (tertiary/aromatic N) is 4. The molecule has 44 heavy (non-hydrogen) atoms. The number of carbonyl (C=O) groups is 1. The molecule has 0 unspecified atom stereocenters. The number of rotatable bonds is 10. The van der Waals surface area contributed by atoms with E-state index in [4.69, 9.17) is 9.72 Å². The van der Waals surface area contributed by atoms with Gasteiger partial charge >= 0.3 is 19.3 Å². The van der Waals surface area contributed by atoms with E-state index < -0.39 is 31.2 Å². The lowest BCUT2D eigenvalue weighted by Crippen LogP contribution is -2.47. The Morgan fingerprint density at radius 2 is 1.80 bits per heavy atom. The molecule has 0 radical (unpaired) electrons. The summed E-state index contributed by atoms with van der Waals surface area (Å²) >= 11 is 0. The minimum absolute atomic E-state index is 0.0661. The maximum Gasteiger partial charge on any atom is 0.488 e. The molecule has 0 amide bonds. The highest BCUT2D eigenvalue weighted by atomic mass is 19.4. The molecule has 0 spiro atoms. The van der Waals surface area contributed by atoms with Crippen LogP contribution >= 0.6 is 0 Å². The van der Waals surface area contributed by atoms with Gasteiger partial charge in [-0.2, -0.15) is 13.2 Å². The molecule has 8 nitrogen and oxygen atoms in total. The number of halogens is 3. The number of pyridine rings is 1. The van der Waals surface area contributed by atoms with Crippen LogP contribution in [-0.2, 0) is 22.5 Å². The molecule has 1 aliphatic heterocycles. The summed E-state index contributed by atoms with van der Waals surface area (Å²) in [6.07, 6.45) is 0.0491. The van der Waals surface area contributed by atoms with E-state index in [1.807, 2.05) is 40.0 Å². The average Bonchev–Trinajstić information content (AvgIpc) is 3.76. The molecule has 1 aliphatic carbocycles. The minimum Gasteiger partial charge on any atom is -0.465 e. The highest BCUT2D eigenvalue weighted by Gasteiger charge is 2.35. The smallest absolute Gasteiger partial charge is 0.465 e. The van der Waals surface area contributed by atoms with Crippen LogP contribution in [0.2, 0.25) is 0 Å². The van der Waals surface area contributed by atoms with Gasteiger partial charge in [-0.1, -0.05) is 39.8 Å². The third-order valence-electron chi connectivity index (χ3n) is 8.60. The molecule has 1 saturated heterocycles. The van der Waals surface area contributed by atoms with Crippen molar-refractivity contribution in [2.75, 3.05) is 37.7 Å². The first kappa shape index (κ1) is 32.3. The van der Waals surface area contributed by atoms with E-state index in [0.29, 0.717) is 39.5 Å². The number of alkyl halides is 3. The summed E-state index contributed by atoms with van der Waals surface area (Å²) in [6, 6.07) is 7.16. The number of fused-ring (bicyclic) bond motifs is 1. The number of hydrogen-bond donors (Lipinski definition) is 2. The van der Waals surface area contributed by atoms with Gasteiger partial charge in [-0.05, 0) is 48.3 Å². The van der Waals surface area contributed by atoms with E-state index in [2.05, 4.69) is 9.80 Å². The number of aromatic nitrogens is 2. The molecule has 2 N–H and O–H groups in total.